The van der Waals surface area contributed by atoms with E-state index in [-0.39, 0.29) is 0 Å². The summed E-state index contributed by atoms with van der Waals surface area (Å²) >= 11 is 0. The Morgan fingerprint density at radius 1 is 1.19 bits per heavy atom. The predicted octanol–water partition coefficient (Wildman–Crippen LogP) is 3.65. The van der Waals surface area contributed by atoms with Gasteiger partial charge >= 0.3 is 0 Å². The molecule has 1 N–H and O–H groups in total. The highest BCUT2D eigenvalue weighted by molar-refractivity contribution is 5.63. The molecule has 88 valence electrons. The highest BCUT2D eigenvalue weighted by atomic mass is 14.8. The third-order valence-corrected chi connectivity index (χ3v) is 2.84. The van der Waals surface area contributed by atoms with E-state index in [1.54, 1.807) is 0 Å². The number of aryl methyl sites for hydroxylation is 1. The molecule has 1 rings (SSSR count). The molecule has 0 spiro atoms. The van der Waals surface area contributed by atoms with E-state index in [0.717, 1.165) is 25.9 Å². The number of rotatable bonds is 6. The van der Waals surface area contributed by atoms with E-state index in [1.165, 1.54) is 16.7 Å². The van der Waals surface area contributed by atoms with Crippen LogP contribution in [0.3, 0.4) is 0 Å². The van der Waals surface area contributed by atoms with Crippen LogP contribution in [-0.4, -0.2) is 13.1 Å². The molecule has 0 bridgehead atoms. The zero-order chi connectivity index (χ0) is 11.8. The van der Waals surface area contributed by atoms with Crippen LogP contribution in [0.4, 0.5) is 0 Å². The molecule has 0 aliphatic rings. The van der Waals surface area contributed by atoms with Crippen LogP contribution >= 0.6 is 0 Å². The SMILES string of the molecule is CCNCCC=C(C)c1ccc(CC)cc1. The van der Waals surface area contributed by atoms with Crippen LogP contribution in [-0.2, 0) is 6.42 Å². The Morgan fingerprint density at radius 2 is 1.88 bits per heavy atom. The van der Waals surface area contributed by atoms with Gasteiger partial charge in [-0.15, -0.1) is 0 Å². The Bertz CT molecular complexity index is 322. The van der Waals surface area contributed by atoms with Crippen molar-refractivity contribution in [1.29, 1.82) is 0 Å². The van der Waals surface area contributed by atoms with Crippen LogP contribution in [0.5, 0.6) is 0 Å². The Kier molecular flexibility index (Phi) is 5.87. The fourth-order valence-corrected chi connectivity index (χ4v) is 1.69. The third-order valence-electron chi connectivity index (χ3n) is 2.84. The van der Waals surface area contributed by atoms with E-state index >= 15 is 0 Å². The molecule has 0 aliphatic carbocycles. The lowest BCUT2D eigenvalue weighted by Crippen LogP contribution is -2.13. The third kappa shape index (κ3) is 4.19. The van der Waals surface area contributed by atoms with Crippen molar-refractivity contribution in [3.8, 4) is 0 Å². The van der Waals surface area contributed by atoms with E-state index in [4.69, 9.17) is 0 Å². The number of allylic oxidation sites excluding steroid dienone is 1. The average Bonchev–Trinajstić information content (AvgIpc) is 2.34. The van der Waals surface area contributed by atoms with Crippen molar-refractivity contribution in [1.82, 2.24) is 5.32 Å². The van der Waals surface area contributed by atoms with Crippen LogP contribution in [0.25, 0.3) is 5.57 Å². The topological polar surface area (TPSA) is 12.0 Å². The molecule has 16 heavy (non-hydrogen) atoms. The normalized spacial score (nSPS) is 11.8. The van der Waals surface area contributed by atoms with Gasteiger partial charge in [0.2, 0.25) is 0 Å². The zero-order valence-electron chi connectivity index (χ0n) is 10.7. The first-order chi connectivity index (χ1) is 7.77. The van der Waals surface area contributed by atoms with Gasteiger partial charge in [0.15, 0.2) is 0 Å². The minimum atomic E-state index is 1.05. The van der Waals surface area contributed by atoms with Crippen LogP contribution in [0.2, 0.25) is 0 Å². The number of nitrogens with one attached hydrogen (secondary N) is 1. The molecule has 0 amide bonds. The fourth-order valence-electron chi connectivity index (χ4n) is 1.69. The van der Waals surface area contributed by atoms with Crippen LogP contribution in [0.15, 0.2) is 30.3 Å². The summed E-state index contributed by atoms with van der Waals surface area (Å²) < 4.78 is 0. The van der Waals surface area contributed by atoms with Crippen molar-refractivity contribution in [3.63, 3.8) is 0 Å². The molecule has 0 atom stereocenters. The number of hydrogen-bond acceptors (Lipinski definition) is 1. The van der Waals surface area contributed by atoms with Crippen molar-refractivity contribution < 1.29 is 0 Å². The van der Waals surface area contributed by atoms with Crippen molar-refractivity contribution in [3.05, 3.63) is 41.5 Å². The lowest BCUT2D eigenvalue weighted by Gasteiger charge is -2.04. The van der Waals surface area contributed by atoms with Gasteiger partial charge < -0.3 is 5.32 Å². The molecule has 0 saturated carbocycles. The minimum absolute atomic E-state index is 1.05. The Labute approximate surface area is 99.6 Å². The molecule has 1 nitrogen and oxygen atoms in total. The lowest BCUT2D eigenvalue weighted by atomic mass is 10.0. The van der Waals surface area contributed by atoms with Gasteiger partial charge in [-0.25, -0.2) is 0 Å². The van der Waals surface area contributed by atoms with Crippen LogP contribution in [0, 0.1) is 0 Å². The largest absolute Gasteiger partial charge is 0.317 e. The summed E-state index contributed by atoms with van der Waals surface area (Å²) in [5.74, 6) is 0. The molecule has 0 aliphatic heterocycles. The van der Waals surface area contributed by atoms with Gasteiger partial charge in [-0.3, -0.25) is 0 Å². The molecule has 0 unspecified atom stereocenters. The maximum atomic E-state index is 3.33. The Morgan fingerprint density at radius 3 is 2.44 bits per heavy atom. The van der Waals surface area contributed by atoms with Crippen molar-refractivity contribution in [2.75, 3.05) is 13.1 Å². The van der Waals surface area contributed by atoms with Crippen molar-refractivity contribution >= 4 is 5.57 Å². The van der Waals surface area contributed by atoms with Gasteiger partial charge in [0, 0.05) is 0 Å². The van der Waals surface area contributed by atoms with E-state index in [1.807, 2.05) is 0 Å². The van der Waals surface area contributed by atoms with Gasteiger partial charge in [0.25, 0.3) is 0 Å². The monoisotopic (exact) mass is 217 g/mol. The summed E-state index contributed by atoms with van der Waals surface area (Å²) in [5, 5.41) is 3.33. The average molecular weight is 217 g/mol. The number of hydrogen-bond donors (Lipinski definition) is 1. The lowest BCUT2D eigenvalue weighted by molar-refractivity contribution is 0.727. The first-order valence-electron chi connectivity index (χ1n) is 6.24. The fraction of sp³-hybridized carbons (Fsp3) is 0.467. The van der Waals surface area contributed by atoms with Crippen LogP contribution < -0.4 is 5.32 Å². The highest BCUT2D eigenvalue weighted by Gasteiger charge is 1.95. The first kappa shape index (κ1) is 13.0. The van der Waals surface area contributed by atoms with Crippen LogP contribution in [0.1, 0.15) is 38.3 Å². The highest BCUT2D eigenvalue weighted by Crippen LogP contribution is 2.15. The summed E-state index contributed by atoms with van der Waals surface area (Å²) in [5.41, 5.74) is 4.12. The summed E-state index contributed by atoms with van der Waals surface area (Å²) in [6.07, 6.45) is 4.53. The summed E-state index contributed by atoms with van der Waals surface area (Å²) in [6, 6.07) is 8.88. The second-order valence-electron chi connectivity index (χ2n) is 4.08. The molecular formula is C15H23N. The molecule has 0 saturated heterocycles. The molecule has 0 heterocycles. The van der Waals surface area contributed by atoms with Gasteiger partial charge in [0.05, 0.1) is 0 Å². The molecule has 0 aromatic heterocycles. The van der Waals surface area contributed by atoms with E-state index in [0.29, 0.717) is 0 Å². The van der Waals surface area contributed by atoms with E-state index < -0.39 is 0 Å². The maximum Gasteiger partial charge on any atom is -0.00142 e. The Hall–Kier alpha value is -1.08. The van der Waals surface area contributed by atoms with Gasteiger partial charge in [-0.05, 0) is 49.6 Å². The quantitative estimate of drug-likeness (QED) is 0.717. The maximum absolute atomic E-state index is 3.33. The minimum Gasteiger partial charge on any atom is -0.317 e. The smallest absolute Gasteiger partial charge is 0.00142 e. The summed E-state index contributed by atoms with van der Waals surface area (Å²) in [6.45, 7) is 8.64. The van der Waals surface area contributed by atoms with Crippen molar-refractivity contribution in [2.45, 2.75) is 33.6 Å². The van der Waals surface area contributed by atoms with Gasteiger partial charge in [0.1, 0.15) is 0 Å². The second kappa shape index (κ2) is 7.24. The van der Waals surface area contributed by atoms with E-state index in [2.05, 4.69) is 56.4 Å². The predicted molar refractivity (Wildman–Crippen MR) is 72.6 cm³/mol. The molecule has 1 aromatic carbocycles. The molecule has 1 heteroatoms. The van der Waals surface area contributed by atoms with Gasteiger partial charge in [-0.1, -0.05) is 44.2 Å². The second-order valence-corrected chi connectivity index (χ2v) is 4.08. The van der Waals surface area contributed by atoms with E-state index in [9.17, 15) is 0 Å². The molecule has 1 aromatic rings. The summed E-state index contributed by atoms with van der Waals surface area (Å²) in [4.78, 5) is 0. The number of benzene rings is 1. The van der Waals surface area contributed by atoms with Crippen molar-refractivity contribution in [2.24, 2.45) is 0 Å². The Balaban J connectivity index is 2.54. The standard InChI is InChI=1S/C15H23N/c1-4-14-8-10-15(11-9-14)13(3)7-6-12-16-5-2/h7-11,16H,4-6,12H2,1-3H3. The molecular weight excluding hydrogens is 194 g/mol. The molecule has 0 radical (unpaired) electrons. The zero-order valence-corrected chi connectivity index (χ0v) is 10.7. The summed E-state index contributed by atoms with van der Waals surface area (Å²) in [7, 11) is 0. The molecule has 0 fully saturated rings. The first-order valence-corrected chi connectivity index (χ1v) is 6.24. The van der Waals surface area contributed by atoms with Gasteiger partial charge in [-0.2, -0.15) is 0 Å².